The van der Waals surface area contributed by atoms with E-state index in [-0.39, 0.29) is 11.6 Å². The van der Waals surface area contributed by atoms with Gasteiger partial charge in [-0.05, 0) is 49.1 Å². The van der Waals surface area contributed by atoms with Gasteiger partial charge in [0, 0.05) is 32.2 Å². The van der Waals surface area contributed by atoms with E-state index in [0.29, 0.717) is 0 Å². The van der Waals surface area contributed by atoms with E-state index in [4.69, 9.17) is 0 Å². The smallest absolute Gasteiger partial charge is 0.173 e. The van der Waals surface area contributed by atoms with Gasteiger partial charge in [-0.3, -0.25) is 9.80 Å². The monoisotopic (exact) mass is 396 g/mol. The van der Waals surface area contributed by atoms with Gasteiger partial charge in [-0.15, -0.1) is 5.10 Å². The second-order valence-corrected chi connectivity index (χ2v) is 9.29. The maximum absolute atomic E-state index is 4.54. The Hall–Kier alpha value is -1.79. The molecule has 0 N–H and O–H groups in total. The topological polar surface area (TPSA) is 50.1 Å². The number of nitrogens with zero attached hydrogens (tertiary/aromatic N) is 6. The fourth-order valence-electron chi connectivity index (χ4n) is 4.91. The van der Waals surface area contributed by atoms with E-state index in [1.54, 1.807) is 0 Å². The van der Waals surface area contributed by atoms with Gasteiger partial charge < -0.3 is 0 Å². The van der Waals surface area contributed by atoms with Gasteiger partial charge in [0.1, 0.15) is 0 Å². The third-order valence-corrected chi connectivity index (χ3v) is 7.10. The number of rotatable bonds is 6. The SMILES string of the molecule is CCC(C)(C)n1nnnc1[C@H](c1ccccc1)N1CCN(C2CCCCC2)CC1. The summed E-state index contributed by atoms with van der Waals surface area (Å²) >= 11 is 0. The molecular formula is C23H36N6. The third kappa shape index (κ3) is 4.38. The zero-order valence-corrected chi connectivity index (χ0v) is 18.3. The average Bonchev–Trinajstić information content (AvgIpc) is 3.26. The number of aromatic nitrogens is 4. The summed E-state index contributed by atoms with van der Waals surface area (Å²) in [6.07, 6.45) is 7.97. The van der Waals surface area contributed by atoms with E-state index >= 15 is 0 Å². The number of benzene rings is 1. The van der Waals surface area contributed by atoms with Crippen LogP contribution in [0.25, 0.3) is 0 Å². The minimum atomic E-state index is -0.101. The molecule has 158 valence electrons. The Morgan fingerprint density at radius 2 is 1.69 bits per heavy atom. The highest BCUT2D eigenvalue weighted by atomic mass is 15.6. The Kier molecular flexibility index (Phi) is 6.30. The van der Waals surface area contributed by atoms with Gasteiger partial charge in [-0.1, -0.05) is 56.5 Å². The summed E-state index contributed by atoms with van der Waals surface area (Å²) in [7, 11) is 0. The standard InChI is InChI=1S/C23H36N6/c1-4-23(2,3)29-22(24-25-26-29)21(19-11-7-5-8-12-19)28-17-15-27(16-18-28)20-13-9-6-10-14-20/h5,7-8,11-12,20-21H,4,6,9-10,13-18H2,1-3H3/t21-/m0/s1. The van der Waals surface area contributed by atoms with Gasteiger partial charge >= 0.3 is 0 Å². The molecule has 2 aliphatic rings. The van der Waals surface area contributed by atoms with E-state index in [1.165, 1.54) is 37.7 Å². The lowest BCUT2D eigenvalue weighted by atomic mass is 9.93. The number of piperazine rings is 1. The van der Waals surface area contributed by atoms with Gasteiger partial charge in [0.05, 0.1) is 11.6 Å². The molecule has 1 atom stereocenters. The van der Waals surface area contributed by atoms with Crippen molar-refractivity contribution in [3.8, 4) is 0 Å². The highest BCUT2D eigenvalue weighted by molar-refractivity contribution is 5.25. The third-order valence-electron chi connectivity index (χ3n) is 7.10. The highest BCUT2D eigenvalue weighted by Crippen LogP contribution is 2.32. The van der Waals surface area contributed by atoms with Crippen LogP contribution in [0.1, 0.15) is 76.7 Å². The van der Waals surface area contributed by atoms with Crippen LogP contribution in [0.3, 0.4) is 0 Å². The van der Waals surface area contributed by atoms with Crippen molar-refractivity contribution in [1.29, 1.82) is 0 Å². The van der Waals surface area contributed by atoms with E-state index < -0.39 is 0 Å². The molecule has 1 aliphatic heterocycles. The summed E-state index contributed by atoms with van der Waals surface area (Å²) in [6.45, 7) is 11.1. The molecule has 1 aromatic heterocycles. The van der Waals surface area contributed by atoms with E-state index in [0.717, 1.165) is 44.5 Å². The number of tetrazole rings is 1. The number of hydrogen-bond acceptors (Lipinski definition) is 5. The van der Waals surface area contributed by atoms with Gasteiger partial charge in [0.15, 0.2) is 5.82 Å². The van der Waals surface area contributed by atoms with Crippen LogP contribution in [-0.4, -0.2) is 62.2 Å². The first-order chi connectivity index (χ1) is 14.1. The largest absolute Gasteiger partial charge is 0.298 e. The zero-order valence-electron chi connectivity index (χ0n) is 18.3. The molecule has 0 spiro atoms. The van der Waals surface area contributed by atoms with Crippen molar-refractivity contribution in [2.24, 2.45) is 0 Å². The fourth-order valence-corrected chi connectivity index (χ4v) is 4.91. The van der Waals surface area contributed by atoms with Gasteiger partial charge in [-0.25, -0.2) is 4.68 Å². The van der Waals surface area contributed by atoms with Crippen LogP contribution in [0.4, 0.5) is 0 Å². The summed E-state index contributed by atoms with van der Waals surface area (Å²) < 4.78 is 2.05. The molecule has 6 nitrogen and oxygen atoms in total. The van der Waals surface area contributed by atoms with Crippen molar-refractivity contribution in [2.75, 3.05) is 26.2 Å². The van der Waals surface area contributed by atoms with E-state index in [2.05, 4.69) is 81.1 Å². The highest BCUT2D eigenvalue weighted by Gasteiger charge is 2.35. The average molecular weight is 397 g/mol. The minimum Gasteiger partial charge on any atom is -0.298 e. The van der Waals surface area contributed by atoms with E-state index in [9.17, 15) is 0 Å². The second-order valence-electron chi connectivity index (χ2n) is 9.29. The summed E-state index contributed by atoms with van der Waals surface area (Å²) in [5.74, 6) is 0.967. The molecule has 1 saturated heterocycles. The minimum absolute atomic E-state index is 0.101. The van der Waals surface area contributed by atoms with Crippen molar-refractivity contribution in [3.05, 3.63) is 41.7 Å². The fraction of sp³-hybridized carbons (Fsp3) is 0.696. The summed E-state index contributed by atoms with van der Waals surface area (Å²) in [5, 5.41) is 13.0. The van der Waals surface area contributed by atoms with Crippen LogP contribution in [0.2, 0.25) is 0 Å². The first kappa shape index (κ1) is 20.5. The Labute approximate surface area is 175 Å². The molecule has 2 heterocycles. The summed E-state index contributed by atoms with van der Waals surface area (Å²) in [5.41, 5.74) is 1.18. The Balaban J connectivity index is 1.58. The summed E-state index contributed by atoms with van der Waals surface area (Å²) in [4.78, 5) is 5.32. The Morgan fingerprint density at radius 3 is 2.34 bits per heavy atom. The molecule has 4 rings (SSSR count). The predicted octanol–water partition coefficient (Wildman–Crippen LogP) is 3.86. The van der Waals surface area contributed by atoms with Gasteiger partial charge in [0.25, 0.3) is 0 Å². The molecule has 2 aromatic rings. The number of hydrogen-bond donors (Lipinski definition) is 0. The molecule has 1 saturated carbocycles. The molecule has 0 bridgehead atoms. The van der Waals surface area contributed by atoms with Crippen LogP contribution in [0, 0.1) is 0 Å². The van der Waals surface area contributed by atoms with Crippen LogP contribution in [0.15, 0.2) is 30.3 Å². The van der Waals surface area contributed by atoms with Gasteiger partial charge in [-0.2, -0.15) is 0 Å². The summed E-state index contributed by atoms with van der Waals surface area (Å²) in [6, 6.07) is 11.7. The molecule has 6 heteroatoms. The van der Waals surface area contributed by atoms with Crippen molar-refractivity contribution in [2.45, 2.75) is 76.9 Å². The van der Waals surface area contributed by atoms with Crippen LogP contribution in [0.5, 0.6) is 0 Å². The molecule has 0 radical (unpaired) electrons. The first-order valence-corrected chi connectivity index (χ1v) is 11.4. The normalized spacial score (nSPS) is 21.3. The van der Waals surface area contributed by atoms with Crippen LogP contribution in [-0.2, 0) is 5.54 Å². The van der Waals surface area contributed by atoms with Crippen molar-refractivity contribution in [3.63, 3.8) is 0 Å². The maximum Gasteiger partial charge on any atom is 0.173 e. The molecule has 0 amide bonds. The quantitative estimate of drug-likeness (QED) is 0.742. The maximum atomic E-state index is 4.54. The molecule has 2 fully saturated rings. The molecule has 29 heavy (non-hydrogen) atoms. The van der Waals surface area contributed by atoms with Crippen LogP contribution >= 0.6 is 0 Å². The molecule has 0 unspecified atom stereocenters. The van der Waals surface area contributed by atoms with Crippen molar-refractivity contribution in [1.82, 2.24) is 30.0 Å². The Morgan fingerprint density at radius 1 is 1.00 bits per heavy atom. The molecule has 1 aliphatic carbocycles. The Bertz CT molecular complexity index is 757. The van der Waals surface area contributed by atoms with E-state index in [1.807, 2.05) is 0 Å². The first-order valence-electron chi connectivity index (χ1n) is 11.4. The lowest BCUT2D eigenvalue weighted by molar-refractivity contribution is 0.0606. The van der Waals surface area contributed by atoms with Crippen molar-refractivity contribution >= 4 is 0 Å². The predicted molar refractivity (Wildman–Crippen MR) is 116 cm³/mol. The molecule has 1 aromatic carbocycles. The zero-order chi connectivity index (χ0) is 20.3. The lowest BCUT2D eigenvalue weighted by Gasteiger charge is -2.43. The second kappa shape index (κ2) is 8.92. The lowest BCUT2D eigenvalue weighted by Crippen LogP contribution is -2.52. The van der Waals surface area contributed by atoms with Gasteiger partial charge in [0.2, 0.25) is 0 Å². The molecular weight excluding hydrogens is 360 g/mol. The van der Waals surface area contributed by atoms with Crippen LogP contribution < -0.4 is 0 Å². The van der Waals surface area contributed by atoms with Crippen molar-refractivity contribution < 1.29 is 0 Å².